The maximum atomic E-state index is 2.56. The average molecular weight is 755 g/mol. The monoisotopic (exact) mass is 754 g/mol. The van der Waals surface area contributed by atoms with Gasteiger partial charge in [-0.3, -0.25) is 0 Å². The molecule has 0 bridgehead atoms. The zero-order valence-corrected chi connectivity index (χ0v) is 33.2. The van der Waals surface area contributed by atoms with Crippen LogP contribution < -0.4 is 9.80 Å². The van der Waals surface area contributed by atoms with Gasteiger partial charge >= 0.3 is 0 Å². The molecule has 10 aromatic rings. The molecule has 10 aromatic carbocycles. The van der Waals surface area contributed by atoms with Crippen molar-refractivity contribution in [3.63, 3.8) is 0 Å². The molecule has 280 valence electrons. The van der Waals surface area contributed by atoms with Crippen LogP contribution in [0.2, 0.25) is 0 Å². The van der Waals surface area contributed by atoms with Crippen LogP contribution in [0.25, 0.3) is 54.6 Å². The Morgan fingerprint density at radius 3 is 1.69 bits per heavy atom. The Balaban J connectivity index is 1.14. The molecule has 0 aliphatic carbocycles. The average Bonchev–Trinajstić information content (AvgIpc) is 3.30. The molecular formula is C57H42N2. The fourth-order valence-corrected chi connectivity index (χ4v) is 9.54. The predicted octanol–water partition coefficient (Wildman–Crippen LogP) is 16.1. The zero-order valence-electron chi connectivity index (χ0n) is 33.2. The summed E-state index contributed by atoms with van der Waals surface area (Å²) in [5.41, 5.74) is 14.1. The summed E-state index contributed by atoms with van der Waals surface area (Å²) in [5, 5.41) is 7.48. The lowest BCUT2D eigenvalue weighted by molar-refractivity contribution is 0.632. The summed E-state index contributed by atoms with van der Waals surface area (Å²) in [6.45, 7) is 4.77. The molecule has 0 N–H and O–H groups in total. The third-order valence-electron chi connectivity index (χ3n) is 12.4. The Labute approximate surface area is 345 Å². The van der Waals surface area contributed by atoms with Crippen LogP contribution in [0.15, 0.2) is 218 Å². The number of nitrogens with zero attached hydrogens (tertiary/aromatic N) is 2. The molecule has 1 aliphatic heterocycles. The number of fused-ring (bicyclic) bond motifs is 6. The van der Waals surface area contributed by atoms with Crippen molar-refractivity contribution in [1.82, 2.24) is 0 Å². The highest BCUT2D eigenvalue weighted by molar-refractivity contribution is 6.17. The summed E-state index contributed by atoms with van der Waals surface area (Å²) in [5.74, 6) is 0. The molecule has 0 fully saturated rings. The zero-order chi connectivity index (χ0) is 39.5. The van der Waals surface area contributed by atoms with Crippen molar-refractivity contribution in [2.75, 3.05) is 9.80 Å². The highest BCUT2D eigenvalue weighted by Gasteiger charge is 2.38. The molecule has 1 aliphatic rings. The SMILES string of the molecule is CC1(C)c2ccccc2N(c2c(-c3cc4ccccc4c4ccccc34)ccc3ccccc23)c2ccc(-c3cccc(N(c4ccccc4)c4ccccc4)c3)cc21. The minimum atomic E-state index is -0.267. The van der Waals surface area contributed by atoms with Crippen molar-refractivity contribution < 1.29 is 0 Å². The molecule has 0 unspecified atom stereocenters. The van der Waals surface area contributed by atoms with Gasteiger partial charge in [-0.05, 0) is 115 Å². The maximum Gasteiger partial charge on any atom is 0.0618 e. The first-order chi connectivity index (χ1) is 29.0. The van der Waals surface area contributed by atoms with Crippen LogP contribution in [0.5, 0.6) is 0 Å². The van der Waals surface area contributed by atoms with Gasteiger partial charge in [0, 0.05) is 33.4 Å². The largest absolute Gasteiger partial charge is 0.310 e. The van der Waals surface area contributed by atoms with Gasteiger partial charge in [0.05, 0.1) is 17.1 Å². The van der Waals surface area contributed by atoms with E-state index >= 15 is 0 Å². The first-order valence-corrected chi connectivity index (χ1v) is 20.5. The second-order valence-corrected chi connectivity index (χ2v) is 16.1. The van der Waals surface area contributed by atoms with Gasteiger partial charge in [-0.25, -0.2) is 0 Å². The fraction of sp³-hybridized carbons (Fsp3) is 0.0526. The van der Waals surface area contributed by atoms with Gasteiger partial charge in [-0.2, -0.15) is 0 Å². The van der Waals surface area contributed by atoms with E-state index in [1.807, 2.05) is 0 Å². The molecule has 0 spiro atoms. The molecule has 2 nitrogen and oxygen atoms in total. The summed E-state index contributed by atoms with van der Waals surface area (Å²) in [4.78, 5) is 4.90. The van der Waals surface area contributed by atoms with Crippen molar-refractivity contribution >= 4 is 66.4 Å². The van der Waals surface area contributed by atoms with E-state index in [-0.39, 0.29) is 5.41 Å². The number of hydrogen-bond acceptors (Lipinski definition) is 2. The Hall–Kier alpha value is -7.42. The Morgan fingerprint density at radius 2 is 0.932 bits per heavy atom. The van der Waals surface area contributed by atoms with Gasteiger partial charge in [-0.1, -0.05) is 172 Å². The standard InChI is InChI=1S/C57H42N2/c1-57(2)52-30-15-16-31-54(52)59(56-47-27-12-9-18-39(47)32-34-50(56)51-37-42-19-10-11-26-46(42)48-28-13-14-29-49(48)51)55-35-33-41(38-53(55)57)40-20-17-25-45(36-40)58(43-21-5-3-6-22-43)44-23-7-4-8-24-44/h3-38H,1-2H3. The third kappa shape index (κ3) is 5.71. The fourth-order valence-electron chi connectivity index (χ4n) is 9.54. The van der Waals surface area contributed by atoms with Gasteiger partial charge < -0.3 is 9.80 Å². The second-order valence-electron chi connectivity index (χ2n) is 16.1. The van der Waals surface area contributed by atoms with E-state index in [4.69, 9.17) is 0 Å². The van der Waals surface area contributed by atoms with E-state index in [0.717, 1.165) is 17.1 Å². The van der Waals surface area contributed by atoms with Crippen LogP contribution in [0.4, 0.5) is 34.1 Å². The number of benzene rings is 10. The van der Waals surface area contributed by atoms with Crippen molar-refractivity contribution in [3.8, 4) is 22.3 Å². The van der Waals surface area contributed by atoms with Crippen LogP contribution in [0.3, 0.4) is 0 Å². The van der Waals surface area contributed by atoms with E-state index in [9.17, 15) is 0 Å². The maximum absolute atomic E-state index is 2.56. The van der Waals surface area contributed by atoms with E-state index in [2.05, 4.69) is 242 Å². The van der Waals surface area contributed by atoms with Crippen LogP contribution in [0, 0.1) is 0 Å². The minimum absolute atomic E-state index is 0.267. The lowest BCUT2D eigenvalue weighted by Crippen LogP contribution is -2.31. The van der Waals surface area contributed by atoms with Crippen molar-refractivity contribution in [3.05, 3.63) is 230 Å². The molecule has 0 saturated carbocycles. The number of hydrogen-bond donors (Lipinski definition) is 0. The lowest BCUT2D eigenvalue weighted by Gasteiger charge is -2.43. The summed E-state index contributed by atoms with van der Waals surface area (Å²) in [6.07, 6.45) is 0. The van der Waals surface area contributed by atoms with Crippen molar-refractivity contribution in [1.29, 1.82) is 0 Å². The van der Waals surface area contributed by atoms with Crippen LogP contribution in [-0.2, 0) is 5.41 Å². The van der Waals surface area contributed by atoms with Crippen molar-refractivity contribution in [2.45, 2.75) is 19.3 Å². The normalized spacial score (nSPS) is 13.0. The smallest absolute Gasteiger partial charge is 0.0618 e. The molecule has 11 rings (SSSR count). The molecule has 59 heavy (non-hydrogen) atoms. The van der Waals surface area contributed by atoms with Crippen LogP contribution in [-0.4, -0.2) is 0 Å². The minimum Gasteiger partial charge on any atom is -0.310 e. The van der Waals surface area contributed by atoms with Gasteiger partial charge in [0.2, 0.25) is 0 Å². The molecule has 0 aromatic heterocycles. The summed E-state index contributed by atoms with van der Waals surface area (Å²) < 4.78 is 0. The molecule has 0 saturated heterocycles. The predicted molar refractivity (Wildman–Crippen MR) is 251 cm³/mol. The van der Waals surface area contributed by atoms with E-state index in [1.165, 1.54) is 82.8 Å². The number of para-hydroxylation sites is 3. The summed E-state index contributed by atoms with van der Waals surface area (Å²) >= 11 is 0. The first kappa shape index (κ1) is 34.8. The second kappa shape index (κ2) is 13.9. The van der Waals surface area contributed by atoms with Gasteiger partial charge in [0.25, 0.3) is 0 Å². The summed E-state index contributed by atoms with van der Waals surface area (Å²) in [7, 11) is 0. The highest BCUT2D eigenvalue weighted by atomic mass is 15.2. The number of rotatable bonds is 6. The topological polar surface area (TPSA) is 6.48 Å². The van der Waals surface area contributed by atoms with Gasteiger partial charge in [-0.15, -0.1) is 0 Å². The number of anilines is 6. The first-order valence-electron chi connectivity index (χ1n) is 20.5. The van der Waals surface area contributed by atoms with E-state index < -0.39 is 0 Å². The Kier molecular flexibility index (Phi) is 8.20. The Morgan fingerprint density at radius 1 is 0.356 bits per heavy atom. The molecule has 0 radical (unpaired) electrons. The highest BCUT2D eigenvalue weighted by Crippen LogP contribution is 2.56. The lowest BCUT2D eigenvalue weighted by atomic mass is 9.72. The molecule has 0 amide bonds. The Bertz CT molecular complexity index is 3160. The third-order valence-corrected chi connectivity index (χ3v) is 12.4. The van der Waals surface area contributed by atoms with Crippen LogP contribution >= 0.6 is 0 Å². The quantitative estimate of drug-likeness (QED) is 0.156. The molecular weight excluding hydrogens is 713 g/mol. The van der Waals surface area contributed by atoms with Gasteiger partial charge in [0.1, 0.15) is 0 Å². The van der Waals surface area contributed by atoms with Gasteiger partial charge in [0.15, 0.2) is 0 Å². The molecule has 2 heteroatoms. The molecule has 1 heterocycles. The van der Waals surface area contributed by atoms with E-state index in [0.29, 0.717) is 0 Å². The van der Waals surface area contributed by atoms with E-state index in [1.54, 1.807) is 0 Å². The van der Waals surface area contributed by atoms with Crippen molar-refractivity contribution in [2.24, 2.45) is 0 Å². The van der Waals surface area contributed by atoms with Crippen LogP contribution in [0.1, 0.15) is 25.0 Å². The summed E-state index contributed by atoms with van der Waals surface area (Å²) in [6, 6.07) is 80.0. The molecule has 0 atom stereocenters.